The van der Waals surface area contributed by atoms with E-state index in [1.165, 1.54) is 9.87 Å². The molecule has 0 fully saturated rings. The number of carbonyl (C=O) groups is 1. The highest BCUT2D eigenvalue weighted by molar-refractivity contribution is 7.89. The van der Waals surface area contributed by atoms with Crippen LogP contribution >= 0.6 is 0 Å². The molecule has 26 heavy (non-hydrogen) atoms. The molecule has 0 saturated heterocycles. The second-order valence-electron chi connectivity index (χ2n) is 6.68. The van der Waals surface area contributed by atoms with Gasteiger partial charge in [-0.15, -0.1) is 0 Å². The van der Waals surface area contributed by atoms with Gasteiger partial charge in [0.15, 0.2) is 0 Å². The van der Waals surface area contributed by atoms with Crippen molar-refractivity contribution in [3.8, 4) is 0 Å². The van der Waals surface area contributed by atoms with Crippen LogP contribution in [0.4, 0.5) is 0 Å². The maximum absolute atomic E-state index is 12.6. The molecular formula is C20H24N2O3S. The van der Waals surface area contributed by atoms with Gasteiger partial charge in [0.25, 0.3) is 0 Å². The predicted molar refractivity (Wildman–Crippen MR) is 102 cm³/mol. The van der Waals surface area contributed by atoms with E-state index in [1.807, 2.05) is 55.5 Å². The van der Waals surface area contributed by atoms with Crippen LogP contribution in [0.25, 0.3) is 0 Å². The molecule has 1 aliphatic rings. The predicted octanol–water partition coefficient (Wildman–Crippen LogP) is 2.04. The lowest BCUT2D eigenvalue weighted by atomic mass is 10.0. The van der Waals surface area contributed by atoms with E-state index in [9.17, 15) is 13.2 Å². The Morgan fingerprint density at radius 3 is 2.65 bits per heavy atom. The Hall–Kier alpha value is -2.18. The number of benzene rings is 2. The van der Waals surface area contributed by atoms with Gasteiger partial charge in [-0.3, -0.25) is 4.79 Å². The molecule has 0 spiro atoms. The Balaban J connectivity index is 1.50. The average molecular weight is 372 g/mol. The van der Waals surface area contributed by atoms with Gasteiger partial charge in [-0.1, -0.05) is 54.1 Å². The van der Waals surface area contributed by atoms with Gasteiger partial charge >= 0.3 is 0 Å². The van der Waals surface area contributed by atoms with Crippen LogP contribution in [0.5, 0.6) is 0 Å². The zero-order valence-electron chi connectivity index (χ0n) is 14.9. The Morgan fingerprint density at radius 2 is 1.88 bits per heavy atom. The fourth-order valence-electron chi connectivity index (χ4n) is 3.23. The first-order valence-electron chi connectivity index (χ1n) is 8.81. The van der Waals surface area contributed by atoms with Crippen molar-refractivity contribution in [2.45, 2.75) is 26.3 Å². The molecule has 0 saturated carbocycles. The molecule has 1 aliphatic heterocycles. The summed E-state index contributed by atoms with van der Waals surface area (Å²) >= 11 is 0. The second kappa shape index (κ2) is 8.01. The number of nitrogens with zero attached hydrogens (tertiary/aromatic N) is 1. The summed E-state index contributed by atoms with van der Waals surface area (Å²) in [5, 5.41) is 2.72. The first-order chi connectivity index (χ1) is 12.4. The summed E-state index contributed by atoms with van der Waals surface area (Å²) in [5.74, 6) is -0.232. The first kappa shape index (κ1) is 18.6. The van der Waals surface area contributed by atoms with Gasteiger partial charge < -0.3 is 5.32 Å². The molecule has 0 aliphatic carbocycles. The second-order valence-corrected chi connectivity index (χ2v) is 8.77. The summed E-state index contributed by atoms with van der Waals surface area (Å²) in [6.45, 7) is 3.02. The van der Waals surface area contributed by atoms with Crippen LogP contribution in [-0.4, -0.2) is 37.5 Å². The SMILES string of the molecule is Cc1cccc(CC(=O)NCCS(=O)(=O)N2CCc3ccccc3C2)c1. The molecule has 1 heterocycles. The van der Waals surface area contributed by atoms with Gasteiger partial charge in [0.2, 0.25) is 15.9 Å². The van der Waals surface area contributed by atoms with Crippen molar-refractivity contribution < 1.29 is 13.2 Å². The number of rotatable bonds is 6. The maximum atomic E-state index is 12.6. The van der Waals surface area contributed by atoms with Crippen LogP contribution < -0.4 is 5.32 Å². The van der Waals surface area contributed by atoms with Crippen molar-refractivity contribution in [2.24, 2.45) is 0 Å². The van der Waals surface area contributed by atoms with Crippen LogP contribution in [0.2, 0.25) is 0 Å². The number of aryl methyl sites for hydroxylation is 1. The van der Waals surface area contributed by atoms with Gasteiger partial charge in [-0.2, -0.15) is 4.31 Å². The Kier molecular flexibility index (Phi) is 5.74. The first-order valence-corrected chi connectivity index (χ1v) is 10.4. The number of sulfonamides is 1. The highest BCUT2D eigenvalue weighted by Gasteiger charge is 2.26. The average Bonchev–Trinajstić information content (AvgIpc) is 2.61. The Morgan fingerprint density at radius 1 is 1.12 bits per heavy atom. The van der Waals surface area contributed by atoms with Crippen LogP contribution in [0.1, 0.15) is 22.3 Å². The highest BCUT2D eigenvalue weighted by Crippen LogP contribution is 2.20. The van der Waals surface area contributed by atoms with Crippen molar-refractivity contribution in [3.63, 3.8) is 0 Å². The van der Waals surface area contributed by atoms with Gasteiger partial charge in [-0.25, -0.2) is 8.42 Å². The third-order valence-corrected chi connectivity index (χ3v) is 6.44. The summed E-state index contributed by atoms with van der Waals surface area (Å²) < 4.78 is 26.6. The minimum Gasteiger partial charge on any atom is -0.355 e. The summed E-state index contributed by atoms with van der Waals surface area (Å²) in [6, 6.07) is 15.7. The van der Waals surface area contributed by atoms with E-state index in [1.54, 1.807) is 0 Å². The molecule has 138 valence electrons. The lowest BCUT2D eigenvalue weighted by molar-refractivity contribution is -0.120. The Bertz CT molecular complexity index is 893. The number of hydrogen-bond donors (Lipinski definition) is 1. The number of carbonyl (C=O) groups excluding carboxylic acids is 1. The van der Waals surface area contributed by atoms with Gasteiger partial charge in [0, 0.05) is 19.6 Å². The van der Waals surface area contributed by atoms with E-state index < -0.39 is 10.0 Å². The minimum absolute atomic E-state index is 0.0747. The summed E-state index contributed by atoms with van der Waals surface area (Å²) in [4.78, 5) is 12.0. The summed E-state index contributed by atoms with van der Waals surface area (Å²) in [6.07, 6.45) is 0.994. The standard InChI is InChI=1S/C20H24N2O3S/c1-16-5-4-6-17(13-16)14-20(23)21-10-12-26(24,25)22-11-9-18-7-2-3-8-19(18)15-22/h2-8,13H,9-12,14-15H2,1H3,(H,21,23). The molecule has 0 unspecified atom stereocenters. The zero-order chi connectivity index (χ0) is 18.6. The zero-order valence-corrected chi connectivity index (χ0v) is 15.8. The van der Waals surface area contributed by atoms with Crippen molar-refractivity contribution in [1.82, 2.24) is 9.62 Å². The molecule has 6 heteroatoms. The molecule has 0 radical (unpaired) electrons. The maximum Gasteiger partial charge on any atom is 0.224 e. The molecule has 5 nitrogen and oxygen atoms in total. The molecule has 1 N–H and O–H groups in total. The van der Waals surface area contributed by atoms with Crippen LogP contribution in [0.3, 0.4) is 0 Å². The van der Waals surface area contributed by atoms with E-state index in [0.717, 1.165) is 23.1 Å². The monoisotopic (exact) mass is 372 g/mol. The summed E-state index contributed by atoms with van der Waals surface area (Å²) in [5.41, 5.74) is 4.30. The molecule has 3 rings (SSSR count). The van der Waals surface area contributed by atoms with Crippen LogP contribution in [0, 0.1) is 6.92 Å². The van der Waals surface area contributed by atoms with E-state index >= 15 is 0 Å². The van der Waals surface area contributed by atoms with E-state index in [4.69, 9.17) is 0 Å². The number of fused-ring (bicyclic) bond motifs is 1. The van der Waals surface area contributed by atoms with Crippen molar-refractivity contribution in [2.75, 3.05) is 18.8 Å². The van der Waals surface area contributed by atoms with Gasteiger partial charge in [0.05, 0.1) is 12.2 Å². The van der Waals surface area contributed by atoms with Gasteiger partial charge in [0.1, 0.15) is 0 Å². The largest absolute Gasteiger partial charge is 0.355 e. The molecule has 0 bridgehead atoms. The highest BCUT2D eigenvalue weighted by atomic mass is 32.2. The van der Waals surface area contributed by atoms with Crippen LogP contribution in [0.15, 0.2) is 48.5 Å². The molecule has 0 aromatic heterocycles. The fraction of sp³-hybridized carbons (Fsp3) is 0.350. The molecule has 0 atom stereocenters. The molecule has 2 aromatic rings. The van der Waals surface area contributed by atoms with E-state index in [2.05, 4.69) is 5.32 Å². The lowest BCUT2D eigenvalue weighted by Gasteiger charge is -2.28. The van der Waals surface area contributed by atoms with E-state index in [0.29, 0.717) is 13.1 Å². The van der Waals surface area contributed by atoms with Crippen molar-refractivity contribution in [3.05, 3.63) is 70.8 Å². The molecular weight excluding hydrogens is 348 g/mol. The van der Waals surface area contributed by atoms with Gasteiger partial charge in [-0.05, 0) is 30.0 Å². The number of nitrogens with one attached hydrogen (secondary N) is 1. The number of hydrogen-bond acceptors (Lipinski definition) is 3. The third-order valence-electron chi connectivity index (χ3n) is 4.62. The summed E-state index contributed by atoms with van der Waals surface area (Å²) in [7, 11) is -3.38. The Labute approximate surface area is 155 Å². The third kappa shape index (κ3) is 4.71. The van der Waals surface area contributed by atoms with Crippen molar-refractivity contribution in [1.29, 1.82) is 0 Å². The lowest BCUT2D eigenvalue weighted by Crippen LogP contribution is -2.40. The molecule has 2 aromatic carbocycles. The molecule has 1 amide bonds. The van der Waals surface area contributed by atoms with E-state index in [-0.39, 0.29) is 24.6 Å². The smallest absolute Gasteiger partial charge is 0.224 e. The minimum atomic E-state index is -3.38. The number of amides is 1. The fourth-order valence-corrected chi connectivity index (χ4v) is 4.55. The normalized spacial score (nSPS) is 14.7. The quantitative estimate of drug-likeness (QED) is 0.844. The topological polar surface area (TPSA) is 66.5 Å². The van der Waals surface area contributed by atoms with Crippen molar-refractivity contribution >= 4 is 15.9 Å². The van der Waals surface area contributed by atoms with Crippen LogP contribution in [-0.2, 0) is 34.2 Å².